The molecule has 2 saturated carbocycles. The van der Waals surface area contributed by atoms with Gasteiger partial charge in [-0.3, -0.25) is 0 Å². The van der Waals surface area contributed by atoms with Crippen LogP contribution in [0, 0.1) is 29.1 Å². The third kappa shape index (κ3) is 4.93. The van der Waals surface area contributed by atoms with Crippen LogP contribution < -0.4 is 0 Å². The van der Waals surface area contributed by atoms with Crippen LogP contribution in [0.15, 0.2) is 11.6 Å². The van der Waals surface area contributed by atoms with Gasteiger partial charge in [0.05, 0.1) is 0 Å². The maximum atomic E-state index is 2.44. The third-order valence-corrected chi connectivity index (χ3v) is 5.80. The zero-order valence-electron chi connectivity index (χ0n) is 15.1. The molecule has 2 rings (SSSR count). The second-order valence-corrected chi connectivity index (χ2v) is 8.14. The summed E-state index contributed by atoms with van der Waals surface area (Å²) in [5.74, 6) is 3.89. The summed E-state index contributed by atoms with van der Waals surface area (Å²) in [5, 5.41) is 0. The average Bonchev–Trinajstić information content (AvgIpc) is 2.90. The van der Waals surface area contributed by atoms with Gasteiger partial charge in [0.2, 0.25) is 0 Å². The van der Waals surface area contributed by atoms with Gasteiger partial charge in [-0.05, 0) is 42.9 Å². The molecule has 0 aromatic heterocycles. The minimum Gasteiger partial charge on any atom is -0.0819 e. The molecular weight excluding hydrogens is 240 g/mol. The van der Waals surface area contributed by atoms with E-state index in [0.717, 1.165) is 23.7 Å². The normalized spacial score (nSPS) is 34.8. The minimum atomic E-state index is 0.589. The van der Waals surface area contributed by atoms with E-state index < -0.39 is 0 Å². The smallest absolute Gasteiger partial charge is 0.0143 e. The first-order valence-corrected chi connectivity index (χ1v) is 8.97. The van der Waals surface area contributed by atoms with Crippen LogP contribution in [0.1, 0.15) is 87.0 Å². The highest BCUT2D eigenvalue weighted by atomic mass is 14.6. The Balaban J connectivity index is 0.000000204. The van der Waals surface area contributed by atoms with E-state index in [4.69, 9.17) is 0 Å². The van der Waals surface area contributed by atoms with Crippen molar-refractivity contribution in [3.8, 4) is 0 Å². The van der Waals surface area contributed by atoms with Crippen LogP contribution in [0.2, 0.25) is 0 Å². The lowest BCUT2D eigenvalue weighted by Gasteiger charge is -2.24. The van der Waals surface area contributed by atoms with Crippen LogP contribution in [0.4, 0.5) is 0 Å². The van der Waals surface area contributed by atoms with Gasteiger partial charge in [0.1, 0.15) is 0 Å². The van der Waals surface area contributed by atoms with Crippen LogP contribution in [-0.4, -0.2) is 0 Å². The molecule has 0 saturated heterocycles. The number of hydrogen-bond donors (Lipinski definition) is 0. The molecule has 0 spiro atoms. The van der Waals surface area contributed by atoms with Crippen molar-refractivity contribution in [2.45, 2.75) is 87.0 Å². The summed E-state index contributed by atoms with van der Waals surface area (Å²) in [7, 11) is 0. The number of allylic oxidation sites excluding steroid dienone is 2. The van der Waals surface area contributed by atoms with E-state index in [9.17, 15) is 0 Å². The Morgan fingerprint density at radius 1 is 1.00 bits per heavy atom. The highest BCUT2D eigenvalue weighted by Gasteiger charge is 2.54. The van der Waals surface area contributed by atoms with E-state index in [-0.39, 0.29) is 0 Å². The van der Waals surface area contributed by atoms with E-state index >= 15 is 0 Å². The molecule has 0 aromatic rings. The van der Waals surface area contributed by atoms with Gasteiger partial charge >= 0.3 is 0 Å². The number of rotatable bonds is 3. The van der Waals surface area contributed by atoms with Gasteiger partial charge in [0, 0.05) is 0 Å². The first kappa shape index (κ1) is 17.8. The molecule has 20 heavy (non-hydrogen) atoms. The monoisotopic (exact) mass is 278 g/mol. The fraction of sp³-hybridized carbons (Fsp3) is 0.900. The molecule has 0 radical (unpaired) electrons. The van der Waals surface area contributed by atoms with Gasteiger partial charge in [-0.2, -0.15) is 0 Å². The highest BCUT2D eigenvalue weighted by molar-refractivity contribution is 5.16. The van der Waals surface area contributed by atoms with Crippen molar-refractivity contribution >= 4 is 0 Å². The first-order chi connectivity index (χ1) is 9.32. The average molecular weight is 279 g/mol. The standard InChI is InChI=1S/C11H20.C9H18/c1-6-9-10(7-8(2)3)11(9,4)5;1-3-9-6-4-8(2)5-7-9/h7,9-10H,6H2,1-5H3;8-9H,3-7H2,1-2H3. The summed E-state index contributed by atoms with van der Waals surface area (Å²) in [6, 6.07) is 0. The fourth-order valence-corrected chi connectivity index (χ4v) is 3.99. The van der Waals surface area contributed by atoms with Crippen molar-refractivity contribution in [1.29, 1.82) is 0 Å². The molecule has 2 aliphatic carbocycles. The molecule has 118 valence electrons. The summed E-state index contributed by atoms with van der Waals surface area (Å²) >= 11 is 0. The van der Waals surface area contributed by atoms with E-state index in [1.807, 2.05) is 0 Å². The molecule has 2 fully saturated rings. The Kier molecular flexibility index (Phi) is 6.82. The molecule has 0 bridgehead atoms. The molecule has 0 heteroatoms. The van der Waals surface area contributed by atoms with Gasteiger partial charge in [-0.25, -0.2) is 0 Å². The largest absolute Gasteiger partial charge is 0.0819 e. The maximum absolute atomic E-state index is 2.44. The lowest BCUT2D eigenvalue weighted by molar-refractivity contribution is 0.284. The van der Waals surface area contributed by atoms with Gasteiger partial charge in [0.25, 0.3) is 0 Å². The van der Waals surface area contributed by atoms with Crippen LogP contribution in [0.5, 0.6) is 0 Å². The molecule has 0 heterocycles. The summed E-state index contributed by atoms with van der Waals surface area (Å²) < 4.78 is 0. The van der Waals surface area contributed by atoms with Crippen molar-refractivity contribution in [2.75, 3.05) is 0 Å². The Labute approximate surface area is 128 Å². The first-order valence-electron chi connectivity index (χ1n) is 8.97. The van der Waals surface area contributed by atoms with Crippen molar-refractivity contribution in [3.05, 3.63) is 11.6 Å². The van der Waals surface area contributed by atoms with Gasteiger partial charge in [-0.15, -0.1) is 0 Å². The van der Waals surface area contributed by atoms with Gasteiger partial charge in [-0.1, -0.05) is 84.8 Å². The zero-order chi connectivity index (χ0) is 15.3. The molecular formula is C20H38. The van der Waals surface area contributed by atoms with Crippen LogP contribution in [0.25, 0.3) is 0 Å². The van der Waals surface area contributed by atoms with Crippen molar-refractivity contribution in [2.24, 2.45) is 29.1 Å². The molecule has 0 amide bonds. The van der Waals surface area contributed by atoms with E-state index in [1.54, 1.807) is 0 Å². The van der Waals surface area contributed by atoms with Crippen molar-refractivity contribution in [3.63, 3.8) is 0 Å². The molecule has 2 unspecified atom stereocenters. The Morgan fingerprint density at radius 2 is 1.55 bits per heavy atom. The quantitative estimate of drug-likeness (QED) is 0.495. The Bertz CT molecular complexity index is 298. The molecule has 2 atom stereocenters. The number of hydrogen-bond acceptors (Lipinski definition) is 0. The van der Waals surface area contributed by atoms with Gasteiger partial charge < -0.3 is 0 Å². The van der Waals surface area contributed by atoms with E-state index in [0.29, 0.717) is 5.41 Å². The summed E-state index contributed by atoms with van der Waals surface area (Å²) in [6.45, 7) is 16.1. The lowest BCUT2D eigenvalue weighted by atomic mass is 9.82. The van der Waals surface area contributed by atoms with Gasteiger partial charge in [0.15, 0.2) is 0 Å². The summed E-state index contributed by atoms with van der Waals surface area (Å²) in [4.78, 5) is 0. The lowest BCUT2D eigenvalue weighted by Crippen LogP contribution is -2.10. The third-order valence-electron chi connectivity index (χ3n) is 5.80. The Hall–Kier alpha value is -0.260. The zero-order valence-corrected chi connectivity index (χ0v) is 15.1. The molecule has 2 aliphatic rings. The SMILES string of the molecule is CCC1C(C=C(C)C)C1(C)C.CCC1CCC(C)CC1. The minimum absolute atomic E-state index is 0.589. The molecule has 0 aromatic carbocycles. The van der Waals surface area contributed by atoms with Crippen molar-refractivity contribution in [1.82, 2.24) is 0 Å². The highest BCUT2D eigenvalue weighted by Crippen LogP contribution is 2.60. The Morgan fingerprint density at radius 3 is 1.90 bits per heavy atom. The second-order valence-electron chi connectivity index (χ2n) is 8.14. The van der Waals surface area contributed by atoms with E-state index in [2.05, 4.69) is 54.5 Å². The summed E-state index contributed by atoms with van der Waals surface area (Å²) in [6.07, 6.45) is 11.1. The predicted octanol–water partition coefficient (Wildman–Crippen LogP) is 6.86. The second kappa shape index (κ2) is 7.66. The fourth-order valence-electron chi connectivity index (χ4n) is 3.99. The molecule has 0 aliphatic heterocycles. The van der Waals surface area contributed by atoms with Crippen molar-refractivity contribution < 1.29 is 0 Å². The maximum Gasteiger partial charge on any atom is -0.0143 e. The summed E-state index contributed by atoms with van der Waals surface area (Å²) in [5.41, 5.74) is 2.06. The predicted molar refractivity (Wildman–Crippen MR) is 91.9 cm³/mol. The molecule has 0 nitrogen and oxygen atoms in total. The van der Waals surface area contributed by atoms with Crippen LogP contribution >= 0.6 is 0 Å². The van der Waals surface area contributed by atoms with Crippen LogP contribution in [0.3, 0.4) is 0 Å². The molecule has 0 N–H and O–H groups in total. The van der Waals surface area contributed by atoms with Crippen LogP contribution in [-0.2, 0) is 0 Å². The van der Waals surface area contributed by atoms with E-state index in [1.165, 1.54) is 44.1 Å². The topological polar surface area (TPSA) is 0 Å².